The molecule has 0 amide bonds. The molecule has 0 fully saturated rings. The second kappa shape index (κ2) is 3.13. The fourth-order valence-corrected chi connectivity index (χ4v) is 1.17. The van der Waals surface area contributed by atoms with Crippen LogP contribution in [0.15, 0.2) is 4.73 Å². The van der Waals surface area contributed by atoms with Gasteiger partial charge in [0, 0.05) is 23.0 Å². The SMILES string of the molecule is Cn1c(Br)nc([N+](=O)[O-])c1C(=O)O. The average molecular weight is 250 g/mol. The number of aromatic nitrogens is 2. The fraction of sp³-hybridized carbons (Fsp3) is 0.200. The van der Waals surface area contributed by atoms with Crippen molar-refractivity contribution in [1.29, 1.82) is 0 Å². The van der Waals surface area contributed by atoms with Gasteiger partial charge in [0.05, 0.1) is 0 Å². The van der Waals surface area contributed by atoms with Gasteiger partial charge in [0.15, 0.2) is 0 Å². The summed E-state index contributed by atoms with van der Waals surface area (Å²) in [4.78, 5) is 23.5. The van der Waals surface area contributed by atoms with Crippen LogP contribution in [0, 0.1) is 10.1 Å². The molecule has 7 nitrogen and oxygen atoms in total. The molecule has 0 aliphatic heterocycles. The van der Waals surface area contributed by atoms with Crippen LogP contribution >= 0.6 is 15.9 Å². The fourth-order valence-electron chi connectivity index (χ4n) is 0.824. The number of nitro groups is 1. The van der Waals surface area contributed by atoms with Crippen molar-refractivity contribution in [2.24, 2.45) is 7.05 Å². The van der Waals surface area contributed by atoms with Gasteiger partial charge in [-0.2, -0.15) is 0 Å². The maximum Gasteiger partial charge on any atom is 0.398 e. The van der Waals surface area contributed by atoms with E-state index in [1.807, 2.05) is 0 Å². The summed E-state index contributed by atoms with van der Waals surface area (Å²) in [5, 5.41) is 19.0. The van der Waals surface area contributed by atoms with E-state index in [0.717, 1.165) is 4.57 Å². The molecule has 1 N–H and O–H groups in total. The highest BCUT2D eigenvalue weighted by atomic mass is 79.9. The summed E-state index contributed by atoms with van der Waals surface area (Å²) in [5.41, 5.74) is -0.447. The number of halogens is 1. The van der Waals surface area contributed by atoms with E-state index in [9.17, 15) is 14.9 Å². The van der Waals surface area contributed by atoms with Crippen molar-refractivity contribution < 1.29 is 14.8 Å². The first-order valence-corrected chi connectivity index (χ1v) is 3.84. The first-order valence-electron chi connectivity index (χ1n) is 3.05. The smallest absolute Gasteiger partial charge is 0.398 e. The third kappa shape index (κ3) is 1.52. The van der Waals surface area contributed by atoms with E-state index < -0.39 is 22.4 Å². The monoisotopic (exact) mass is 249 g/mol. The molecule has 0 bridgehead atoms. The van der Waals surface area contributed by atoms with Crippen molar-refractivity contribution in [3.05, 3.63) is 20.5 Å². The molecule has 0 radical (unpaired) electrons. The van der Waals surface area contributed by atoms with Crippen molar-refractivity contribution >= 4 is 27.7 Å². The minimum atomic E-state index is -1.38. The molecular weight excluding hydrogens is 246 g/mol. The maximum atomic E-state index is 10.6. The summed E-state index contributed by atoms with van der Waals surface area (Å²) < 4.78 is 1.19. The quantitative estimate of drug-likeness (QED) is 0.617. The van der Waals surface area contributed by atoms with Crippen LogP contribution in [0.4, 0.5) is 5.82 Å². The molecular formula is C5H4BrN3O4. The van der Waals surface area contributed by atoms with Crippen molar-refractivity contribution in [2.75, 3.05) is 0 Å². The number of hydrogen-bond donors (Lipinski definition) is 1. The van der Waals surface area contributed by atoms with Crippen LogP contribution in [0.2, 0.25) is 0 Å². The molecule has 13 heavy (non-hydrogen) atoms. The molecule has 0 spiro atoms. The summed E-state index contributed by atoms with van der Waals surface area (Å²) in [6, 6.07) is 0. The molecule has 70 valence electrons. The molecule has 0 aromatic carbocycles. The molecule has 0 aliphatic carbocycles. The molecule has 1 aromatic heterocycles. The van der Waals surface area contributed by atoms with Crippen LogP contribution < -0.4 is 0 Å². The van der Waals surface area contributed by atoms with E-state index in [2.05, 4.69) is 20.9 Å². The minimum absolute atomic E-state index is 0.108. The normalized spacial score (nSPS) is 10.0. The summed E-state index contributed by atoms with van der Waals surface area (Å²) in [6.07, 6.45) is 0. The Labute approximate surface area is 80.3 Å². The Kier molecular flexibility index (Phi) is 2.32. The molecule has 0 aliphatic rings. The third-order valence-electron chi connectivity index (χ3n) is 1.40. The number of aromatic carboxylic acids is 1. The van der Waals surface area contributed by atoms with Gasteiger partial charge in [0.1, 0.15) is 0 Å². The van der Waals surface area contributed by atoms with Gasteiger partial charge in [0.25, 0.3) is 4.73 Å². The van der Waals surface area contributed by atoms with Crippen LogP contribution in [-0.4, -0.2) is 25.6 Å². The highest BCUT2D eigenvalue weighted by Crippen LogP contribution is 2.21. The van der Waals surface area contributed by atoms with Gasteiger partial charge in [-0.3, -0.25) is 4.57 Å². The Morgan fingerprint density at radius 3 is 2.62 bits per heavy atom. The highest BCUT2D eigenvalue weighted by molar-refractivity contribution is 9.10. The molecule has 1 aromatic rings. The Morgan fingerprint density at radius 1 is 1.77 bits per heavy atom. The summed E-state index contributed by atoms with van der Waals surface area (Å²) in [6.45, 7) is 0. The van der Waals surface area contributed by atoms with Gasteiger partial charge in [0.2, 0.25) is 5.69 Å². The lowest BCUT2D eigenvalue weighted by Crippen LogP contribution is -2.07. The first-order chi connectivity index (χ1) is 5.95. The molecule has 0 saturated heterocycles. The predicted molar refractivity (Wildman–Crippen MR) is 44.5 cm³/mol. The number of carbonyl (C=O) groups is 1. The Bertz CT molecular complexity index is 385. The predicted octanol–water partition coefficient (Wildman–Crippen LogP) is 0.789. The van der Waals surface area contributed by atoms with Crippen molar-refractivity contribution in [3.63, 3.8) is 0 Å². The Hall–Kier alpha value is -1.44. The van der Waals surface area contributed by atoms with E-state index in [1.165, 1.54) is 7.05 Å². The van der Waals surface area contributed by atoms with E-state index in [-0.39, 0.29) is 4.73 Å². The Morgan fingerprint density at radius 2 is 2.31 bits per heavy atom. The van der Waals surface area contributed by atoms with Gasteiger partial charge in [-0.05, 0) is 9.91 Å². The van der Waals surface area contributed by atoms with Crippen molar-refractivity contribution in [1.82, 2.24) is 9.55 Å². The summed E-state index contributed by atoms with van der Waals surface area (Å²) >= 11 is 2.89. The summed E-state index contributed by atoms with van der Waals surface area (Å²) in [7, 11) is 1.37. The van der Waals surface area contributed by atoms with E-state index >= 15 is 0 Å². The highest BCUT2D eigenvalue weighted by Gasteiger charge is 2.29. The zero-order chi connectivity index (χ0) is 10.2. The average Bonchev–Trinajstić information content (AvgIpc) is 2.28. The van der Waals surface area contributed by atoms with Crippen LogP contribution in [0.1, 0.15) is 10.5 Å². The van der Waals surface area contributed by atoms with Crippen LogP contribution in [-0.2, 0) is 7.05 Å². The lowest BCUT2D eigenvalue weighted by atomic mass is 10.4. The van der Waals surface area contributed by atoms with E-state index in [1.54, 1.807) is 0 Å². The molecule has 1 rings (SSSR count). The standard InChI is InChI=1S/C5H4BrN3O4/c1-8-2(4(10)11)3(9(12)13)7-5(8)6/h1H3,(H,10,11). The summed E-state index contributed by atoms with van der Waals surface area (Å²) in [5.74, 6) is -2.05. The number of carboxylic acid groups (broad SMARTS) is 1. The van der Waals surface area contributed by atoms with E-state index in [0.29, 0.717) is 0 Å². The van der Waals surface area contributed by atoms with Gasteiger partial charge in [-0.1, -0.05) is 0 Å². The van der Waals surface area contributed by atoms with Crippen LogP contribution in [0.25, 0.3) is 0 Å². The van der Waals surface area contributed by atoms with E-state index in [4.69, 9.17) is 5.11 Å². The number of imidazole rings is 1. The lowest BCUT2D eigenvalue weighted by Gasteiger charge is -1.94. The maximum absolute atomic E-state index is 10.6. The van der Waals surface area contributed by atoms with Crippen molar-refractivity contribution in [2.45, 2.75) is 0 Å². The Balaban J connectivity index is 3.44. The molecule has 0 atom stereocenters. The minimum Gasteiger partial charge on any atom is -0.476 e. The number of carboxylic acids is 1. The zero-order valence-corrected chi connectivity index (χ0v) is 7.98. The largest absolute Gasteiger partial charge is 0.476 e. The second-order valence-corrected chi connectivity index (χ2v) is 2.88. The van der Waals surface area contributed by atoms with Crippen LogP contribution in [0.3, 0.4) is 0 Å². The second-order valence-electron chi connectivity index (χ2n) is 2.17. The van der Waals surface area contributed by atoms with Gasteiger partial charge >= 0.3 is 11.8 Å². The third-order valence-corrected chi connectivity index (χ3v) is 2.11. The van der Waals surface area contributed by atoms with Crippen molar-refractivity contribution in [3.8, 4) is 0 Å². The molecule has 0 unspecified atom stereocenters. The molecule has 0 saturated carbocycles. The van der Waals surface area contributed by atoms with Gasteiger partial charge in [-0.15, -0.1) is 0 Å². The number of rotatable bonds is 2. The zero-order valence-electron chi connectivity index (χ0n) is 6.39. The van der Waals surface area contributed by atoms with Gasteiger partial charge < -0.3 is 15.2 Å². The number of hydrogen-bond acceptors (Lipinski definition) is 4. The number of nitrogens with zero attached hydrogens (tertiary/aromatic N) is 3. The molecule has 8 heteroatoms. The van der Waals surface area contributed by atoms with Gasteiger partial charge in [-0.25, -0.2) is 4.79 Å². The molecule has 1 heterocycles. The van der Waals surface area contributed by atoms with Crippen LogP contribution in [0.5, 0.6) is 0 Å². The lowest BCUT2D eigenvalue weighted by molar-refractivity contribution is -0.389. The first kappa shape index (κ1) is 9.65. The topological polar surface area (TPSA) is 98.3 Å².